The van der Waals surface area contributed by atoms with Crippen LogP contribution in [0.25, 0.3) is 0 Å². The van der Waals surface area contributed by atoms with E-state index in [1.54, 1.807) is 0 Å². The van der Waals surface area contributed by atoms with Crippen molar-refractivity contribution in [3.8, 4) is 0 Å². The molecule has 1 aromatic rings. The molecule has 0 aliphatic carbocycles. The number of nitrogens with two attached hydrogens (primary N) is 1. The minimum atomic E-state index is -0.482. The maximum Gasteiger partial charge on any atom is 0.0451 e. The van der Waals surface area contributed by atoms with E-state index in [-0.39, 0.29) is 6.61 Å². The van der Waals surface area contributed by atoms with Crippen molar-refractivity contribution in [1.82, 2.24) is 0 Å². The summed E-state index contributed by atoms with van der Waals surface area (Å²) >= 11 is 5.92. The van der Waals surface area contributed by atoms with Crippen LogP contribution in [0.1, 0.15) is 24.5 Å². The first-order chi connectivity index (χ1) is 6.47. The van der Waals surface area contributed by atoms with Gasteiger partial charge in [-0.25, -0.2) is 0 Å². The zero-order valence-corrected chi connectivity index (χ0v) is 9.30. The van der Waals surface area contributed by atoms with E-state index in [4.69, 9.17) is 22.4 Å². The lowest BCUT2D eigenvalue weighted by molar-refractivity contribution is 0.247. The zero-order valence-electron chi connectivity index (χ0n) is 8.55. The molecule has 0 aromatic heterocycles. The van der Waals surface area contributed by atoms with Crippen LogP contribution in [0.15, 0.2) is 18.2 Å². The van der Waals surface area contributed by atoms with Gasteiger partial charge in [-0.05, 0) is 37.5 Å². The topological polar surface area (TPSA) is 46.2 Å². The van der Waals surface area contributed by atoms with E-state index >= 15 is 0 Å². The molecule has 1 aromatic carbocycles. The highest BCUT2D eigenvalue weighted by atomic mass is 35.5. The Morgan fingerprint density at radius 3 is 2.64 bits per heavy atom. The summed E-state index contributed by atoms with van der Waals surface area (Å²) in [5.41, 5.74) is 7.60. The summed E-state index contributed by atoms with van der Waals surface area (Å²) < 4.78 is 0. The fourth-order valence-electron chi connectivity index (χ4n) is 1.38. The van der Waals surface area contributed by atoms with Crippen LogP contribution in [0.4, 0.5) is 0 Å². The van der Waals surface area contributed by atoms with Crippen LogP contribution in [0.5, 0.6) is 0 Å². The Labute approximate surface area is 89.7 Å². The monoisotopic (exact) mass is 213 g/mol. The molecule has 0 aliphatic rings. The van der Waals surface area contributed by atoms with Crippen molar-refractivity contribution < 1.29 is 5.11 Å². The third kappa shape index (κ3) is 2.47. The van der Waals surface area contributed by atoms with E-state index in [0.29, 0.717) is 6.42 Å². The van der Waals surface area contributed by atoms with E-state index in [2.05, 4.69) is 0 Å². The molecule has 2 nitrogen and oxygen atoms in total. The highest BCUT2D eigenvalue weighted by molar-refractivity contribution is 6.31. The first-order valence-electron chi connectivity index (χ1n) is 4.64. The Balaban J connectivity index is 3.01. The van der Waals surface area contributed by atoms with Gasteiger partial charge in [0, 0.05) is 17.2 Å². The molecular weight excluding hydrogens is 198 g/mol. The second kappa shape index (κ2) is 4.30. The molecule has 14 heavy (non-hydrogen) atoms. The van der Waals surface area contributed by atoms with Crippen LogP contribution in [-0.4, -0.2) is 11.7 Å². The molecule has 0 spiro atoms. The first-order valence-corrected chi connectivity index (χ1v) is 5.01. The predicted octanol–water partition coefficient (Wildman–Crippen LogP) is 2.20. The minimum Gasteiger partial charge on any atom is -0.396 e. The smallest absolute Gasteiger partial charge is 0.0451 e. The fourth-order valence-corrected chi connectivity index (χ4v) is 1.49. The van der Waals surface area contributed by atoms with Gasteiger partial charge in [-0.1, -0.05) is 23.7 Å². The number of aliphatic hydroxyl groups is 1. The zero-order chi connectivity index (χ0) is 10.8. The number of aliphatic hydroxyl groups excluding tert-OH is 1. The van der Waals surface area contributed by atoms with E-state index in [9.17, 15) is 0 Å². The summed E-state index contributed by atoms with van der Waals surface area (Å²) in [7, 11) is 0. The third-order valence-corrected chi connectivity index (χ3v) is 2.87. The molecule has 0 radical (unpaired) electrons. The van der Waals surface area contributed by atoms with Gasteiger partial charge in [0.05, 0.1) is 0 Å². The van der Waals surface area contributed by atoms with Crippen molar-refractivity contribution in [3.05, 3.63) is 34.3 Å². The first kappa shape index (κ1) is 11.5. The molecule has 1 rings (SSSR count). The van der Waals surface area contributed by atoms with Crippen molar-refractivity contribution in [2.45, 2.75) is 25.8 Å². The molecular formula is C11H16ClNO. The number of hydrogen-bond donors (Lipinski definition) is 2. The Hall–Kier alpha value is -0.570. The Kier molecular flexibility index (Phi) is 3.53. The lowest BCUT2D eigenvalue weighted by Crippen LogP contribution is -2.34. The van der Waals surface area contributed by atoms with Crippen molar-refractivity contribution in [2.24, 2.45) is 5.73 Å². The summed E-state index contributed by atoms with van der Waals surface area (Å²) in [6.07, 6.45) is 0.550. The molecule has 78 valence electrons. The SMILES string of the molecule is Cc1cc([C@@](C)(N)CCO)ccc1Cl. The van der Waals surface area contributed by atoms with Gasteiger partial charge in [0.25, 0.3) is 0 Å². The Morgan fingerprint density at radius 2 is 2.14 bits per heavy atom. The summed E-state index contributed by atoms with van der Waals surface area (Å²) in [6, 6.07) is 5.72. The van der Waals surface area contributed by atoms with Crippen molar-refractivity contribution in [1.29, 1.82) is 0 Å². The molecule has 3 heteroatoms. The number of halogens is 1. The number of benzene rings is 1. The van der Waals surface area contributed by atoms with Gasteiger partial charge < -0.3 is 10.8 Å². The summed E-state index contributed by atoms with van der Waals surface area (Å²) in [5, 5.41) is 9.63. The molecule has 0 unspecified atom stereocenters. The van der Waals surface area contributed by atoms with Gasteiger partial charge in [0.15, 0.2) is 0 Å². The number of rotatable bonds is 3. The molecule has 1 atom stereocenters. The fraction of sp³-hybridized carbons (Fsp3) is 0.455. The van der Waals surface area contributed by atoms with Crippen molar-refractivity contribution in [2.75, 3.05) is 6.61 Å². The number of hydrogen-bond acceptors (Lipinski definition) is 2. The second-order valence-electron chi connectivity index (χ2n) is 3.86. The van der Waals surface area contributed by atoms with Gasteiger partial charge in [0.1, 0.15) is 0 Å². The number of aryl methyl sites for hydroxylation is 1. The van der Waals surface area contributed by atoms with Crippen LogP contribution in [0, 0.1) is 6.92 Å². The maximum absolute atomic E-state index is 8.88. The lowest BCUT2D eigenvalue weighted by atomic mass is 9.89. The van der Waals surface area contributed by atoms with Gasteiger partial charge in [-0.15, -0.1) is 0 Å². The minimum absolute atomic E-state index is 0.0919. The van der Waals surface area contributed by atoms with E-state index in [1.165, 1.54) is 0 Å². The van der Waals surface area contributed by atoms with Gasteiger partial charge in [0.2, 0.25) is 0 Å². The summed E-state index contributed by atoms with van der Waals surface area (Å²) in [6.45, 7) is 3.95. The molecule has 0 fully saturated rings. The molecule has 0 saturated carbocycles. The normalized spacial score (nSPS) is 15.2. The van der Waals surface area contributed by atoms with Crippen LogP contribution in [-0.2, 0) is 5.54 Å². The lowest BCUT2D eigenvalue weighted by Gasteiger charge is -2.24. The van der Waals surface area contributed by atoms with Crippen molar-refractivity contribution in [3.63, 3.8) is 0 Å². The highest BCUT2D eigenvalue weighted by Gasteiger charge is 2.20. The quantitative estimate of drug-likeness (QED) is 0.809. The van der Waals surface area contributed by atoms with Crippen LogP contribution in [0.3, 0.4) is 0 Å². The van der Waals surface area contributed by atoms with Gasteiger partial charge in [-0.2, -0.15) is 0 Å². The second-order valence-corrected chi connectivity index (χ2v) is 4.26. The van der Waals surface area contributed by atoms with Crippen LogP contribution in [0.2, 0.25) is 5.02 Å². The van der Waals surface area contributed by atoms with Gasteiger partial charge in [-0.3, -0.25) is 0 Å². The van der Waals surface area contributed by atoms with Crippen LogP contribution < -0.4 is 5.73 Å². The summed E-state index contributed by atoms with van der Waals surface area (Å²) in [4.78, 5) is 0. The standard InChI is InChI=1S/C11H16ClNO/c1-8-7-9(3-4-10(8)12)11(2,13)5-6-14/h3-4,7,14H,5-6,13H2,1-2H3/t11-/m0/s1. The summed E-state index contributed by atoms with van der Waals surface area (Å²) in [5.74, 6) is 0. The molecule has 0 saturated heterocycles. The van der Waals surface area contributed by atoms with Gasteiger partial charge >= 0.3 is 0 Å². The molecule has 0 heterocycles. The van der Waals surface area contributed by atoms with E-state index in [1.807, 2.05) is 32.0 Å². The highest BCUT2D eigenvalue weighted by Crippen LogP contribution is 2.25. The molecule has 0 aliphatic heterocycles. The molecule has 3 N–H and O–H groups in total. The largest absolute Gasteiger partial charge is 0.396 e. The van der Waals surface area contributed by atoms with Crippen LogP contribution >= 0.6 is 11.6 Å². The predicted molar refractivity (Wildman–Crippen MR) is 59.4 cm³/mol. The molecule has 0 bridgehead atoms. The van der Waals surface area contributed by atoms with E-state index < -0.39 is 5.54 Å². The third-order valence-electron chi connectivity index (χ3n) is 2.45. The Morgan fingerprint density at radius 1 is 1.50 bits per heavy atom. The Bertz CT molecular complexity index is 323. The average molecular weight is 214 g/mol. The van der Waals surface area contributed by atoms with E-state index in [0.717, 1.165) is 16.1 Å². The maximum atomic E-state index is 8.88. The molecule has 0 amide bonds. The average Bonchev–Trinajstić information content (AvgIpc) is 2.09. The van der Waals surface area contributed by atoms with Crippen molar-refractivity contribution >= 4 is 11.6 Å².